The fraction of sp³-hybridized carbons (Fsp3) is 0.529. The van der Waals surface area contributed by atoms with E-state index in [-0.39, 0.29) is 11.9 Å². The molecule has 1 rings (SSSR count). The van der Waals surface area contributed by atoms with Gasteiger partial charge in [0.05, 0.1) is 12.7 Å². The number of hydrogen-bond donors (Lipinski definition) is 1. The Labute approximate surface area is 137 Å². The van der Waals surface area contributed by atoms with Gasteiger partial charge in [-0.2, -0.15) is 0 Å². The molecule has 6 nitrogen and oxygen atoms in total. The maximum atomic E-state index is 12.5. The van der Waals surface area contributed by atoms with E-state index in [0.717, 1.165) is 0 Å². The average molecular weight is 322 g/mol. The number of para-hydroxylation sites is 1. The maximum absolute atomic E-state index is 12.5. The molecule has 6 heteroatoms. The van der Waals surface area contributed by atoms with Gasteiger partial charge < -0.3 is 19.7 Å². The zero-order valence-corrected chi connectivity index (χ0v) is 14.7. The minimum absolute atomic E-state index is 0.166. The van der Waals surface area contributed by atoms with Gasteiger partial charge in [0.15, 0.2) is 0 Å². The highest BCUT2D eigenvalue weighted by molar-refractivity contribution is 5.96. The molecule has 0 saturated carbocycles. The van der Waals surface area contributed by atoms with Crippen LogP contribution in [0.2, 0.25) is 0 Å². The first-order valence-corrected chi connectivity index (χ1v) is 7.52. The van der Waals surface area contributed by atoms with Gasteiger partial charge in [0.2, 0.25) is 0 Å². The van der Waals surface area contributed by atoms with Gasteiger partial charge >= 0.3 is 6.09 Å². The van der Waals surface area contributed by atoms with Gasteiger partial charge in [-0.05, 0) is 39.8 Å². The summed E-state index contributed by atoms with van der Waals surface area (Å²) in [5, 5.41) is 2.72. The molecule has 0 heterocycles. The molecule has 0 aliphatic rings. The van der Waals surface area contributed by atoms with Crippen LogP contribution in [0.15, 0.2) is 24.3 Å². The molecular weight excluding hydrogens is 296 g/mol. The molecule has 0 fully saturated rings. The highest BCUT2D eigenvalue weighted by atomic mass is 16.6. The van der Waals surface area contributed by atoms with Crippen molar-refractivity contribution in [2.24, 2.45) is 0 Å². The first-order valence-electron chi connectivity index (χ1n) is 7.52. The van der Waals surface area contributed by atoms with Crippen molar-refractivity contribution in [3.8, 4) is 5.75 Å². The lowest BCUT2D eigenvalue weighted by atomic mass is 10.1. The van der Waals surface area contributed by atoms with E-state index in [4.69, 9.17) is 9.47 Å². The normalized spacial score (nSPS) is 12.3. The first kappa shape index (κ1) is 18.8. The number of likely N-dealkylation sites (N-methyl/N-ethyl adjacent to an activating group) is 1. The lowest BCUT2D eigenvalue weighted by Gasteiger charge is -2.25. The number of alkyl carbamates (subject to hydrolysis) is 1. The molecule has 0 bridgehead atoms. The topological polar surface area (TPSA) is 67.9 Å². The molecule has 1 N–H and O–H groups in total. The Balaban J connectivity index is 2.63. The number of benzene rings is 1. The zero-order chi connectivity index (χ0) is 17.6. The van der Waals surface area contributed by atoms with Crippen molar-refractivity contribution in [1.82, 2.24) is 10.2 Å². The molecule has 23 heavy (non-hydrogen) atoms. The third-order valence-electron chi connectivity index (χ3n) is 2.99. The first-order chi connectivity index (χ1) is 10.6. The van der Waals surface area contributed by atoms with E-state index in [1.54, 1.807) is 50.9 Å². The van der Waals surface area contributed by atoms with E-state index in [0.29, 0.717) is 17.9 Å². The standard InChI is InChI=1S/C17H26N2O4/c1-12(18-16(21)23-17(2,3)4)11-19(5)15(20)13-9-7-8-10-14(13)22-6/h7-10,12H,11H2,1-6H3,(H,18,21)/t12-/m0/s1. The van der Waals surface area contributed by atoms with Crippen LogP contribution in [0.1, 0.15) is 38.1 Å². The van der Waals surface area contributed by atoms with Crippen molar-refractivity contribution in [2.45, 2.75) is 39.3 Å². The van der Waals surface area contributed by atoms with Gasteiger partial charge in [0.25, 0.3) is 5.91 Å². The minimum atomic E-state index is -0.553. The summed E-state index contributed by atoms with van der Waals surface area (Å²) >= 11 is 0. The number of methoxy groups -OCH3 is 1. The van der Waals surface area contributed by atoms with Crippen LogP contribution in [-0.4, -0.2) is 49.2 Å². The Kier molecular flexibility index (Phi) is 6.42. The van der Waals surface area contributed by atoms with Crippen molar-refractivity contribution in [1.29, 1.82) is 0 Å². The number of ether oxygens (including phenoxy) is 2. The molecule has 1 aromatic carbocycles. The van der Waals surface area contributed by atoms with Gasteiger partial charge in [-0.15, -0.1) is 0 Å². The summed E-state index contributed by atoms with van der Waals surface area (Å²) in [6, 6.07) is 6.80. The van der Waals surface area contributed by atoms with E-state index in [9.17, 15) is 9.59 Å². The lowest BCUT2D eigenvalue weighted by molar-refractivity contribution is 0.0491. The van der Waals surface area contributed by atoms with Crippen molar-refractivity contribution in [2.75, 3.05) is 20.7 Å². The third kappa shape index (κ3) is 6.18. The average Bonchev–Trinajstić information content (AvgIpc) is 2.43. The maximum Gasteiger partial charge on any atom is 0.407 e. The number of hydrogen-bond acceptors (Lipinski definition) is 4. The van der Waals surface area contributed by atoms with Gasteiger partial charge in [0, 0.05) is 19.6 Å². The SMILES string of the molecule is COc1ccccc1C(=O)N(C)C[C@H](C)NC(=O)OC(C)(C)C. The van der Waals surface area contributed by atoms with E-state index in [1.807, 2.05) is 13.0 Å². The number of nitrogens with zero attached hydrogens (tertiary/aromatic N) is 1. The zero-order valence-electron chi connectivity index (χ0n) is 14.7. The van der Waals surface area contributed by atoms with E-state index >= 15 is 0 Å². The summed E-state index contributed by atoms with van der Waals surface area (Å²) in [4.78, 5) is 25.8. The van der Waals surface area contributed by atoms with Crippen molar-refractivity contribution in [3.05, 3.63) is 29.8 Å². The van der Waals surface area contributed by atoms with Crippen LogP contribution in [0.5, 0.6) is 5.75 Å². The summed E-state index contributed by atoms with van der Waals surface area (Å²) in [5.74, 6) is 0.359. The Morgan fingerprint density at radius 3 is 2.43 bits per heavy atom. The summed E-state index contributed by atoms with van der Waals surface area (Å²) in [5.41, 5.74) is -0.0647. The van der Waals surface area contributed by atoms with Crippen LogP contribution in [0.3, 0.4) is 0 Å². The van der Waals surface area contributed by atoms with E-state index in [2.05, 4.69) is 5.32 Å². The number of carbonyl (C=O) groups excluding carboxylic acids is 2. The number of nitrogens with one attached hydrogen (secondary N) is 1. The molecule has 0 aliphatic carbocycles. The molecule has 2 amide bonds. The third-order valence-corrected chi connectivity index (χ3v) is 2.99. The van der Waals surface area contributed by atoms with Crippen LogP contribution < -0.4 is 10.1 Å². The van der Waals surface area contributed by atoms with Crippen LogP contribution in [-0.2, 0) is 4.74 Å². The van der Waals surface area contributed by atoms with Crippen LogP contribution in [0, 0.1) is 0 Å². The highest BCUT2D eigenvalue weighted by Gasteiger charge is 2.21. The smallest absolute Gasteiger partial charge is 0.407 e. The summed E-state index contributed by atoms with van der Waals surface area (Å²) in [7, 11) is 3.21. The second kappa shape index (κ2) is 7.85. The van der Waals surface area contributed by atoms with Gasteiger partial charge in [0.1, 0.15) is 11.4 Å². The van der Waals surface area contributed by atoms with Crippen LogP contribution in [0.25, 0.3) is 0 Å². The van der Waals surface area contributed by atoms with Crippen molar-refractivity contribution < 1.29 is 19.1 Å². The van der Waals surface area contributed by atoms with E-state index in [1.165, 1.54) is 7.11 Å². The summed E-state index contributed by atoms with van der Waals surface area (Å²) in [6.07, 6.45) is -0.497. The van der Waals surface area contributed by atoms with Crippen LogP contribution >= 0.6 is 0 Å². The molecule has 0 radical (unpaired) electrons. The predicted molar refractivity (Wildman–Crippen MR) is 88.8 cm³/mol. The molecule has 0 unspecified atom stereocenters. The van der Waals surface area contributed by atoms with Gasteiger partial charge in [-0.3, -0.25) is 4.79 Å². The minimum Gasteiger partial charge on any atom is -0.496 e. The number of rotatable bonds is 5. The second-order valence-electron chi connectivity index (χ2n) is 6.43. The van der Waals surface area contributed by atoms with Crippen molar-refractivity contribution in [3.63, 3.8) is 0 Å². The molecule has 1 aromatic rings. The molecule has 0 spiro atoms. The summed E-state index contributed by atoms with van der Waals surface area (Å²) < 4.78 is 10.4. The molecule has 1 atom stereocenters. The van der Waals surface area contributed by atoms with Crippen LogP contribution in [0.4, 0.5) is 4.79 Å². The fourth-order valence-electron chi connectivity index (χ4n) is 2.08. The second-order valence-corrected chi connectivity index (χ2v) is 6.43. The van der Waals surface area contributed by atoms with Crippen molar-refractivity contribution >= 4 is 12.0 Å². The predicted octanol–water partition coefficient (Wildman–Crippen LogP) is 2.68. The number of carbonyl (C=O) groups is 2. The molecule has 0 saturated heterocycles. The van der Waals surface area contributed by atoms with Gasteiger partial charge in [-0.25, -0.2) is 4.79 Å². The summed E-state index contributed by atoms with van der Waals surface area (Å²) in [6.45, 7) is 7.57. The Morgan fingerprint density at radius 1 is 1.26 bits per heavy atom. The molecular formula is C17H26N2O4. The van der Waals surface area contributed by atoms with E-state index < -0.39 is 11.7 Å². The quantitative estimate of drug-likeness (QED) is 0.905. The fourth-order valence-corrected chi connectivity index (χ4v) is 2.08. The Hall–Kier alpha value is -2.24. The lowest BCUT2D eigenvalue weighted by Crippen LogP contribution is -2.44. The van der Waals surface area contributed by atoms with Gasteiger partial charge in [-0.1, -0.05) is 12.1 Å². The number of amides is 2. The molecule has 0 aliphatic heterocycles. The molecule has 128 valence electrons. The molecule has 0 aromatic heterocycles. The monoisotopic (exact) mass is 322 g/mol. The Bertz CT molecular complexity index is 552. The highest BCUT2D eigenvalue weighted by Crippen LogP contribution is 2.18. The Morgan fingerprint density at radius 2 is 1.87 bits per heavy atom. The largest absolute Gasteiger partial charge is 0.496 e.